The van der Waals surface area contributed by atoms with Gasteiger partial charge in [0.15, 0.2) is 0 Å². The predicted octanol–water partition coefficient (Wildman–Crippen LogP) is 4.31. The average molecular weight is 282 g/mol. The third-order valence-corrected chi connectivity index (χ3v) is 4.52. The molecule has 0 atom stereocenters. The minimum absolute atomic E-state index is 0. The average Bonchev–Trinajstić information content (AvgIpc) is 2.56. The summed E-state index contributed by atoms with van der Waals surface area (Å²) in [5, 5.41) is 0. The Bertz CT molecular complexity index is 458. The minimum atomic E-state index is 0. The Morgan fingerprint density at radius 1 is 0.429 bits per heavy atom. The van der Waals surface area contributed by atoms with Crippen molar-refractivity contribution in [1.82, 2.24) is 0 Å². The summed E-state index contributed by atoms with van der Waals surface area (Å²) >= 11 is 0. The first-order valence-electron chi connectivity index (χ1n) is 8.07. The molecule has 0 aliphatic heterocycles. The van der Waals surface area contributed by atoms with E-state index in [1.165, 1.54) is 51.4 Å². The first-order valence-corrected chi connectivity index (χ1v) is 8.07. The second-order valence-corrected chi connectivity index (χ2v) is 5.95. The Balaban J connectivity index is 0.000000147. The first-order chi connectivity index (χ1) is 9.93. The number of hydrogen-bond acceptors (Lipinski definition) is 0. The Labute approximate surface area is 128 Å². The smallest absolute Gasteiger partial charge is 0.0276 e. The maximum atomic E-state index is 2.26. The molecule has 1 heteroatoms. The van der Waals surface area contributed by atoms with Gasteiger partial charge < -0.3 is 5.48 Å². The molecule has 0 radical (unpaired) electrons. The van der Waals surface area contributed by atoms with E-state index < -0.39 is 0 Å². The molecule has 0 spiro atoms. The molecule has 0 unspecified atom stereocenters. The van der Waals surface area contributed by atoms with Crippen LogP contribution in [-0.2, 0) is 25.7 Å². The minimum Gasteiger partial charge on any atom is -0.412 e. The van der Waals surface area contributed by atoms with Crippen LogP contribution in [0.4, 0.5) is 0 Å². The van der Waals surface area contributed by atoms with Crippen LogP contribution in [0.2, 0.25) is 0 Å². The number of hydrogen-bond donors (Lipinski definition) is 0. The Kier molecular flexibility index (Phi) is 6.01. The topological polar surface area (TPSA) is 31.5 Å². The highest BCUT2D eigenvalue weighted by Crippen LogP contribution is 2.20. The normalized spacial score (nSPS) is 15.6. The lowest BCUT2D eigenvalue weighted by Crippen LogP contribution is -2.00. The maximum Gasteiger partial charge on any atom is -0.0276 e. The molecular weight excluding hydrogens is 256 g/mol. The van der Waals surface area contributed by atoms with Crippen LogP contribution in [0.25, 0.3) is 0 Å². The molecule has 0 saturated heterocycles. The molecule has 0 bridgehead atoms. The van der Waals surface area contributed by atoms with Gasteiger partial charge in [-0.3, -0.25) is 0 Å². The third-order valence-electron chi connectivity index (χ3n) is 4.52. The molecule has 0 fully saturated rings. The van der Waals surface area contributed by atoms with Crippen molar-refractivity contribution < 1.29 is 5.48 Å². The predicted molar refractivity (Wildman–Crippen MR) is 89.8 cm³/mol. The van der Waals surface area contributed by atoms with Gasteiger partial charge in [0.05, 0.1) is 0 Å². The Morgan fingerprint density at radius 2 is 0.667 bits per heavy atom. The SMILES string of the molecule is O.c1ccc2c(c1)CCCC2.c1ccc2c(c1)CCCC2. The van der Waals surface area contributed by atoms with E-state index in [4.69, 9.17) is 0 Å². The van der Waals surface area contributed by atoms with E-state index in [9.17, 15) is 0 Å². The van der Waals surface area contributed by atoms with Gasteiger partial charge in [0.1, 0.15) is 0 Å². The Morgan fingerprint density at radius 3 is 0.905 bits per heavy atom. The monoisotopic (exact) mass is 282 g/mol. The molecule has 112 valence electrons. The fourth-order valence-corrected chi connectivity index (χ4v) is 3.35. The zero-order valence-corrected chi connectivity index (χ0v) is 12.8. The summed E-state index contributed by atoms with van der Waals surface area (Å²) in [6.45, 7) is 0. The van der Waals surface area contributed by atoms with Crippen LogP contribution in [0.1, 0.15) is 47.9 Å². The summed E-state index contributed by atoms with van der Waals surface area (Å²) in [4.78, 5) is 0. The summed E-state index contributed by atoms with van der Waals surface area (Å²) in [5.41, 5.74) is 6.31. The van der Waals surface area contributed by atoms with E-state index in [1.807, 2.05) is 0 Å². The molecule has 0 amide bonds. The number of fused-ring (bicyclic) bond motifs is 2. The molecule has 0 aromatic heterocycles. The molecule has 4 rings (SSSR count). The van der Waals surface area contributed by atoms with Gasteiger partial charge in [-0.25, -0.2) is 0 Å². The highest BCUT2D eigenvalue weighted by atomic mass is 16.0. The molecule has 2 aliphatic rings. The molecule has 2 aliphatic carbocycles. The van der Waals surface area contributed by atoms with E-state index in [0.29, 0.717) is 0 Å². The van der Waals surface area contributed by atoms with Gasteiger partial charge in [0.25, 0.3) is 0 Å². The van der Waals surface area contributed by atoms with E-state index in [1.54, 1.807) is 22.3 Å². The van der Waals surface area contributed by atoms with Gasteiger partial charge in [-0.1, -0.05) is 48.5 Å². The lowest BCUT2D eigenvalue weighted by molar-refractivity contribution is 0.685. The zero-order chi connectivity index (χ0) is 13.6. The van der Waals surface area contributed by atoms with Crippen molar-refractivity contribution in [2.75, 3.05) is 0 Å². The van der Waals surface area contributed by atoms with Gasteiger partial charge in [0, 0.05) is 0 Å². The van der Waals surface area contributed by atoms with Crippen LogP contribution in [0.3, 0.4) is 0 Å². The van der Waals surface area contributed by atoms with Gasteiger partial charge in [-0.15, -0.1) is 0 Å². The third kappa shape index (κ3) is 4.18. The van der Waals surface area contributed by atoms with Crippen molar-refractivity contribution >= 4 is 0 Å². The summed E-state index contributed by atoms with van der Waals surface area (Å²) in [6.07, 6.45) is 10.8. The van der Waals surface area contributed by atoms with Gasteiger partial charge in [0.2, 0.25) is 0 Å². The standard InChI is InChI=1S/2C10H12.H2O/c2*1-2-6-10-8-4-3-7-9(10)5-1;/h2*1-2,5-6H,3-4,7-8H2;1H2. The number of benzene rings is 2. The van der Waals surface area contributed by atoms with Crippen LogP contribution in [0, 0.1) is 0 Å². The first kappa shape index (κ1) is 15.8. The van der Waals surface area contributed by atoms with Crippen molar-refractivity contribution in [2.45, 2.75) is 51.4 Å². The van der Waals surface area contributed by atoms with Gasteiger partial charge >= 0.3 is 0 Å². The second kappa shape index (κ2) is 7.99. The van der Waals surface area contributed by atoms with Crippen molar-refractivity contribution in [2.24, 2.45) is 0 Å². The van der Waals surface area contributed by atoms with Crippen LogP contribution < -0.4 is 0 Å². The fraction of sp³-hybridized carbons (Fsp3) is 0.400. The number of rotatable bonds is 0. The van der Waals surface area contributed by atoms with Crippen LogP contribution >= 0.6 is 0 Å². The largest absolute Gasteiger partial charge is 0.412 e. The molecule has 0 saturated carbocycles. The van der Waals surface area contributed by atoms with Crippen LogP contribution in [0.15, 0.2) is 48.5 Å². The molecular formula is C20H26O. The van der Waals surface area contributed by atoms with Gasteiger partial charge in [-0.05, 0) is 73.6 Å². The van der Waals surface area contributed by atoms with Crippen molar-refractivity contribution in [3.8, 4) is 0 Å². The highest BCUT2D eigenvalue weighted by Gasteiger charge is 2.06. The zero-order valence-electron chi connectivity index (χ0n) is 12.8. The van der Waals surface area contributed by atoms with E-state index >= 15 is 0 Å². The van der Waals surface area contributed by atoms with Crippen LogP contribution in [0.5, 0.6) is 0 Å². The second-order valence-electron chi connectivity index (χ2n) is 5.95. The molecule has 0 heterocycles. The van der Waals surface area contributed by atoms with E-state index in [0.717, 1.165) is 0 Å². The lowest BCUT2D eigenvalue weighted by atomic mass is 9.92. The van der Waals surface area contributed by atoms with E-state index in [2.05, 4.69) is 48.5 Å². The summed E-state index contributed by atoms with van der Waals surface area (Å²) in [6, 6.07) is 17.6. The number of aryl methyl sites for hydroxylation is 4. The van der Waals surface area contributed by atoms with Crippen molar-refractivity contribution in [3.05, 3.63) is 70.8 Å². The molecule has 2 N–H and O–H groups in total. The Hall–Kier alpha value is -1.60. The lowest BCUT2D eigenvalue weighted by Gasteiger charge is -2.13. The molecule has 21 heavy (non-hydrogen) atoms. The highest BCUT2D eigenvalue weighted by molar-refractivity contribution is 5.29. The summed E-state index contributed by atoms with van der Waals surface area (Å²) in [7, 11) is 0. The quantitative estimate of drug-likeness (QED) is 0.690. The van der Waals surface area contributed by atoms with Crippen molar-refractivity contribution in [3.63, 3.8) is 0 Å². The molecule has 2 aromatic rings. The van der Waals surface area contributed by atoms with Gasteiger partial charge in [-0.2, -0.15) is 0 Å². The molecule has 2 aromatic carbocycles. The molecule has 1 nitrogen and oxygen atoms in total. The summed E-state index contributed by atoms with van der Waals surface area (Å²) < 4.78 is 0. The van der Waals surface area contributed by atoms with E-state index in [-0.39, 0.29) is 5.48 Å². The van der Waals surface area contributed by atoms with Crippen LogP contribution in [-0.4, -0.2) is 5.48 Å². The summed E-state index contributed by atoms with van der Waals surface area (Å²) in [5.74, 6) is 0. The maximum absolute atomic E-state index is 2.26. The fourth-order valence-electron chi connectivity index (χ4n) is 3.35. The van der Waals surface area contributed by atoms with Crippen molar-refractivity contribution in [1.29, 1.82) is 0 Å².